The summed E-state index contributed by atoms with van der Waals surface area (Å²) in [5.41, 5.74) is -0.244. The van der Waals surface area contributed by atoms with Gasteiger partial charge in [0, 0.05) is 24.5 Å². The van der Waals surface area contributed by atoms with E-state index in [0.29, 0.717) is 32.7 Å². The Balaban J connectivity index is 1.93. The van der Waals surface area contributed by atoms with Gasteiger partial charge in [-0.2, -0.15) is 0 Å². The lowest BCUT2D eigenvalue weighted by Crippen LogP contribution is -2.52. The van der Waals surface area contributed by atoms with Crippen molar-refractivity contribution in [3.8, 4) is 0 Å². The molecule has 0 radical (unpaired) electrons. The summed E-state index contributed by atoms with van der Waals surface area (Å²) >= 11 is 1.45. The maximum atomic E-state index is 12.3. The highest BCUT2D eigenvalue weighted by atomic mass is 32.1. The van der Waals surface area contributed by atoms with E-state index < -0.39 is 0 Å². The summed E-state index contributed by atoms with van der Waals surface area (Å²) in [7, 11) is 0. The number of rotatable bonds is 5. The Bertz CT molecular complexity index is 508. The summed E-state index contributed by atoms with van der Waals surface area (Å²) < 4.78 is 5.49. The highest BCUT2D eigenvalue weighted by Crippen LogP contribution is 2.17. The van der Waals surface area contributed by atoms with Crippen LogP contribution in [0.1, 0.15) is 36.9 Å². The molecule has 1 aliphatic rings. The predicted octanol–water partition coefficient (Wildman–Crippen LogP) is 1.94. The third kappa shape index (κ3) is 5.19. The topological polar surface area (TPSA) is 58.6 Å². The van der Waals surface area contributed by atoms with Crippen LogP contribution in [0.5, 0.6) is 0 Å². The molecule has 6 heteroatoms. The van der Waals surface area contributed by atoms with Gasteiger partial charge < -0.3 is 10.1 Å². The number of ether oxygens (including phenoxy) is 1. The number of Topliss-reactive ketones (excluding diaryl/α,β-unsaturated/α-hetero) is 1. The number of nitrogens with one attached hydrogen (secondary N) is 1. The normalized spacial score (nSPS) is 19.9. The quantitative estimate of drug-likeness (QED) is 0.841. The van der Waals surface area contributed by atoms with Crippen molar-refractivity contribution in [1.82, 2.24) is 10.2 Å². The van der Waals surface area contributed by atoms with Crippen molar-refractivity contribution in [2.75, 3.05) is 26.3 Å². The molecule has 1 amide bonds. The Kier molecular flexibility index (Phi) is 5.72. The Hall–Kier alpha value is -1.24. The van der Waals surface area contributed by atoms with Crippen molar-refractivity contribution in [3.63, 3.8) is 0 Å². The van der Waals surface area contributed by atoms with Gasteiger partial charge in [-0.05, 0) is 32.2 Å². The molecule has 5 nitrogen and oxygen atoms in total. The van der Waals surface area contributed by atoms with Crippen LogP contribution in [-0.2, 0) is 9.53 Å². The van der Waals surface area contributed by atoms with Gasteiger partial charge in [0.2, 0.25) is 5.91 Å². The number of carbonyl (C=O) groups is 2. The number of thiophene rings is 1. The Morgan fingerprint density at radius 2 is 2.23 bits per heavy atom. The fraction of sp³-hybridized carbons (Fsp3) is 0.625. The monoisotopic (exact) mass is 324 g/mol. The molecule has 122 valence electrons. The predicted molar refractivity (Wildman–Crippen MR) is 87.3 cm³/mol. The summed E-state index contributed by atoms with van der Waals surface area (Å²) in [6.45, 7) is 7.97. The molecule has 2 rings (SSSR count). The average molecular weight is 324 g/mol. The molecule has 0 aliphatic carbocycles. The number of morpholine rings is 1. The first-order chi connectivity index (χ1) is 10.3. The Morgan fingerprint density at radius 3 is 2.86 bits per heavy atom. The average Bonchev–Trinajstić information content (AvgIpc) is 2.92. The van der Waals surface area contributed by atoms with Crippen LogP contribution in [0, 0.1) is 0 Å². The first-order valence-electron chi connectivity index (χ1n) is 7.55. The fourth-order valence-corrected chi connectivity index (χ4v) is 3.16. The number of amides is 1. The van der Waals surface area contributed by atoms with Crippen molar-refractivity contribution >= 4 is 23.0 Å². The van der Waals surface area contributed by atoms with E-state index in [4.69, 9.17) is 4.74 Å². The second-order valence-electron chi connectivity index (χ2n) is 6.60. The zero-order valence-corrected chi connectivity index (χ0v) is 14.2. The van der Waals surface area contributed by atoms with E-state index in [1.165, 1.54) is 11.3 Å². The van der Waals surface area contributed by atoms with Crippen molar-refractivity contribution in [3.05, 3.63) is 22.4 Å². The number of ketones is 1. The molecule has 1 saturated heterocycles. The standard InChI is InChI=1S/C16H24N2O3S/c1-16(2,3)17-15(20)10-18-6-7-21-11-12(18)9-13(19)14-5-4-8-22-14/h4-5,8,12H,6-7,9-11H2,1-3H3,(H,17,20)/t12-/m0/s1. The van der Waals surface area contributed by atoms with Gasteiger partial charge in [0.15, 0.2) is 5.78 Å². The summed E-state index contributed by atoms with van der Waals surface area (Å²) in [4.78, 5) is 27.2. The number of hydrogen-bond donors (Lipinski definition) is 1. The first-order valence-corrected chi connectivity index (χ1v) is 8.42. The van der Waals surface area contributed by atoms with Crippen LogP contribution < -0.4 is 5.32 Å². The zero-order valence-electron chi connectivity index (χ0n) is 13.4. The van der Waals surface area contributed by atoms with E-state index in [1.54, 1.807) is 0 Å². The summed E-state index contributed by atoms with van der Waals surface area (Å²) in [6.07, 6.45) is 0.392. The molecule has 1 aromatic rings. The fourth-order valence-electron chi connectivity index (χ4n) is 2.48. The van der Waals surface area contributed by atoms with Crippen LogP contribution in [0.3, 0.4) is 0 Å². The third-order valence-corrected chi connectivity index (χ3v) is 4.34. The van der Waals surface area contributed by atoms with Gasteiger partial charge in [0.25, 0.3) is 0 Å². The Morgan fingerprint density at radius 1 is 1.45 bits per heavy atom. The van der Waals surface area contributed by atoms with Crippen molar-refractivity contribution in [2.24, 2.45) is 0 Å². The van der Waals surface area contributed by atoms with Crippen LogP contribution in [0.4, 0.5) is 0 Å². The lowest BCUT2D eigenvalue weighted by molar-refractivity contribution is -0.126. The van der Waals surface area contributed by atoms with Gasteiger partial charge in [-0.25, -0.2) is 0 Å². The highest BCUT2D eigenvalue weighted by molar-refractivity contribution is 7.12. The maximum absolute atomic E-state index is 12.3. The third-order valence-electron chi connectivity index (χ3n) is 3.43. The molecule has 1 atom stereocenters. The molecule has 0 spiro atoms. The van der Waals surface area contributed by atoms with E-state index in [-0.39, 0.29) is 23.3 Å². The minimum absolute atomic E-state index is 0.0111. The van der Waals surface area contributed by atoms with E-state index in [2.05, 4.69) is 10.2 Å². The molecule has 2 heterocycles. The molecule has 0 unspecified atom stereocenters. The number of hydrogen-bond acceptors (Lipinski definition) is 5. The molecule has 0 aromatic carbocycles. The molecule has 0 saturated carbocycles. The van der Waals surface area contributed by atoms with Crippen molar-refractivity contribution in [2.45, 2.75) is 38.8 Å². The highest BCUT2D eigenvalue weighted by Gasteiger charge is 2.28. The summed E-state index contributed by atoms with van der Waals surface area (Å²) in [6, 6.07) is 3.69. The van der Waals surface area contributed by atoms with Gasteiger partial charge in [0.1, 0.15) is 0 Å². The molecule has 0 bridgehead atoms. The summed E-state index contributed by atoms with van der Waals surface area (Å²) in [5.74, 6) is 0.106. The van der Waals surface area contributed by atoms with Gasteiger partial charge >= 0.3 is 0 Å². The molecule has 1 N–H and O–H groups in total. The van der Waals surface area contributed by atoms with Crippen LogP contribution in [0.15, 0.2) is 17.5 Å². The van der Waals surface area contributed by atoms with Gasteiger partial charge in [-0.3, -0.25) is 14.5 Å². The second kappa shape index (κ2) is 7.35. The minimum Gasteiger partial charge on any atom is -0.378 e. The van der Waals surface area contributed by atoms with Crippen LogP contribution in [-0.4, -0.2) is 54.5 Å². The lowest BCUT2D eigenvalue weighted by Gasteiger charge is -2.35. The van der Waals surface area contributed by atoms with E-state index >= 15 is 0 Å². The van der Waals surface area contributed by atoms with E-state index in [9.17, 15) is 9.59 Å². The molecule has 1 fully saturated rings. The smallest absolute Gasteiger partial charge is 0.234 e. The first kappa shape index (κ1) is 17.1. The lowest BCUT2D eigenvalue weighted by atomic mass is 10.1. The van der Waals surface area contributed by atoms with E-state index in [0.717, 1.165) is 4.88 Å². The minimum atomic E-state index is -0.244. The van der Waals surface area contributed by atoms with Gasteiger partial charge in [0.05, 0.1) is 24.6 Å². The van der Waals surface area contributed by atoms with Gasteiger partial charge in [-0.15, -0.1) is 11.3 Å². The largest absolute Gasteiger partial charge is 0.378 e. The molecular weight excluding hydrogens is 300 g/mol. The zero-order chi connectivity index (χ0) is 16.2. The second-order valence-corrected chi connectivity index (χ2v) is 7.55. The van der Waals surface area contributed by atoms with Crippen LogP contribution in [0.2, 0.25) is 0 Å². The van der Waals surface area contributed by atoms with Crippen molar-refractivity contribution in [1.29, 1.82) is 0 Å². The molecule has 22 heavy (non-hydrogen) atoms. The SMILES string of the molecule is CC(C)(C)NC(=O)CN1CCOC[C@@H]1CC(=O)c1cccs1. The van der Waals surface area contributed by atoms with E-state index in [1.807, 2.05) is 38.3 Å². The number of nitrogens with zero attached hydrogens (tertiary/aromatic N) is 1. The molecule has 1 aliphatic heterocycles. The molecular formula is C16H24N2O3S. The Labute approximate surface area is 135 Å². The van der Waals surface area contributed by atoms with Crippen molar-refractivity contribution < 1.29 is 14.3 Å². The number of carbonyl (C=O) groups excluding carboxylic acids is 2. The van der Waals surface area contributed by atoms with Crippen LogP contribution in [0.25, 0.3) is 0 Å². The molecule has 1 aromatic heterocycles. The van der Waals surface area contributed by atoms with Crippen LogP contribution >= 0.6 is 11.3 Å². The maximum Gasteiger partial charge on any atom is 0.234 e. The van der Waals surface area contributed by atoms with Gasteiger partial charge in [-0.1, -0.05) is 6.07 Å². The summed E-state index contributed by atoms with van der Waals surface area (Å²) in [5, 5.41) is 4.87.